The standard InChI is InChI=1S/C21H22O11/c22-6-11-14(25)17(28)19(30)21(32-11)12-9(24)5-10-13(15(12)26)16(27)18(29)20(31-10)7-1-3-8(23)4-2-7/h1-5,11,14,17-26,28-30H,6H2/t11-,14+,17+,18-,19-,20+,21+/m1/s1. The molecule has 1 saturated heterocycles. The lowest BCUT2D eigenvalue weighted by molar-refractivity contribution is -0.232. The zero-order chi connectivity index (χ0) is 23.3. The Kier molecular flexibility index (Phi) is 5.71. The number of fused-ring (bicyclic) bond motifs is 1. The van der Waals surface area contributed by atoms with Gasteiger partial charge >= 0.3 is 0 Å². The van der Waals surface area contributed by atoms with E-state index in [0.29, 0.717) is 5.56 Å². The van der Waals surface area contributed by atoms with Crippen LogP contribution in [0.25, 0.3) is 0 Å². The van der Waals surface area contributed by atoms with Crippen molar-refractivity contribution in [3.8, 4) is 23.0 Å². The zero-order valence-electron chi connectivity index (χ0n) is 16.4. The molecule has 2 aromatic carbocycles. The third-order valence-electron chi connectivity index (χ3n) is 5.74. The molecule has 0 amide bonds. The Morgan fingerprint density at radius 1 is 0.875 bits per heavy atom. The largest absolute Gasteiger partial charge is 0.508 e. The molecule has 7 atom stereocenters. The van der Waals surface area contributed by atoms with Crippen molar-refractivity contribution in [1.82, 2.24) is 0 Å². The number of carbonyl (C=O) groups excluding carboxylic acids is 1. The second kappa shape index (κ2) is 8.20. The minimum Gasteiger partial charge on any atom is -0.508 e. The van der Waals surface area contributed by atoms with Crippen LogP contribution in [0.15, 0.2) is 30.3 Å². The number of rotatable bonds is 3. The number of carbonyl (C=O) groups is 1. The Bertz CT molecular complexity index is 1020. The van der Waals surface area contributed by atoms with Gasteiger partial charge < -0.3 is 50.3 Å². The van der Waals surface area contributed by atoms with E-state index >= 15 is 0 Å². The fourth-order valence-corrected chi connectivity index (χ4v) is 4.00. The molecule has 0 spiro atoms. The van der Waals surface area contributed by atoms with E-state index in [4.69, 9.17) is 9.47 Å². The average Bonchev–Trinajstić information content (AvgIpc) is 2.76. The third kappa shape index (κ3) is 3.45. The van der Waals surface area contributed by atoms with Crippen LogP contribution in [-0.2, 0) is 4.74 Å². The molecule has 0 saturated carbocycles. The van der Waals surface area contributed by atoms with Gasteiger partial charge in [-0.2, -0.15) is 0 Å². The highest BCUT2D eigenvalue weighted by Gasteiger charge is 2.48. The maximum Gasteiger partial charge on any atom is 0.202 e. The predicted octanol–water partition coefficient (Wildman–Crippen LogP) is -1.00. The van der Waals surface area contributed by atoms with Gasteiger partial charge in [-0.25, -0.2) is 0 Å². The Morgan fingerprint density at radius 3 is 2.16 bits per heavy atom. The lowest BCUT2D eigenvalue weighted by Gasteiger charge is -2.41. The molecule has 4 rings (SSSR count). The van der Waals surface area contributed by atoms with Crippen LogP contribution >= 0.6 is 0 Å². The molecule has 32 heavy (non-hydrogen) atoms. The molecule has 2 aliphatic heterocycles. The van der Waals surface area contributed by atoms with E-state index in [-0.39, 0.29) is 11.5 Å². The van der Waals surface area contributed by atoms with Crippen LogP contribution in [0.4, 0.5) is 0 Å². The molecule has 0 radical (unpaired) electrons. The summed E-state index contributed by atoms with van der Waals surface area (Å²) in [4.78, 5) is 12.9. The van der Waals surface area contributed by atoms with Gasteiger partial charge in [0.1, 0.15) is 59.1 Å². The van der Waals surface area contributed by atoms with Gasteiger partial charge in [0.05, 0.1) is 12.2 Å². The maximum absolute atomic E-state index is 12.9. The SMILES string of the molecule is O=C1c2c(cc(O)c([C@@H]3O[C@H](CO)[C@H](O)[C@H](O)[C@H]3O)c2O)O[C@@H](c2ccc(O)cc2)[C@@H]1O. The molecule has 11 nitrogen and oxygen atoms in total. The molecular formula is C21H22O11. The summed E-state index contributed by atoms with van der Waals surface area (Å²) in [6.07, 6.45) is -11.1. The first-order valence-electron chi connectivity index (χ1n) is 9.72. The van der Waals surface area contributed by atoms with Crippen molar-refractivity contribution in [2.45, 2.75) is 42.7 Å². The van der Waals surface area contributed by atoms with Crippen LogP contribution in [0.1, 0.15) is 33.7 Å². The monoisotopic (exact) mass is 450 g/mol. The van der Waals surface area contributed by atoms with E-state index in [1.165, 1.54) is 24.3 Å². The van der Waals surface area contributed by atoms with Gasteiger partial charge in [-0.15, -0.1) is 0 Å². The van der Waals surface area contributed by atoms with Gasteiger partial charge in [0.25, 0.3) is 0 Å². The minimum absolute atomic E-state index is 0.0368. The highest BCUT2D eigenvalue weighted by atomic mass is 16.5. The van der Waals surface area contributed by atoms with Crippen molar-refractivity contribution < 1.29 is 55.1 Å². The Morgan fingerprint density at radius 2 is 1.53 bits per heavy atom. The summed E-state index contributed by atoms with van der Waals surface area (Å²) in [5.74, 6) is -2.73. The number of aliphatic hydroxyl groups excluding tert-OH is 5. The minimum atomic E-state index is -1.82. The smallest absolute Gasteiger partial charge is 0.202 e. The van der Waals surface area contributed by atoms with E-state index in [0.717, 1.165) is 6.07 Å². The molecule has 172 valence electrons. The van der Waals surface area contributed by atoms with Crippen LogP contribution in [0.5, 0.6) is 23.0 Å². The highest BCUT2D eigenvalue weighted by Crippen LogP contribution is 2.49. The number of Topliss-reactive ketones (excluding diaryl/α,β-unsaturated/α-hetero) is 1. The molecule has 0 unspecified atom stereocenters. The third-order valence-corrected chi connectivity index (χ3v) is 5.74. The Hall–Kier alpha value is -2.93. The fraction of sp³-hybridized carbons (Fsp3) is 0.381. The first-order valence-corrected chi connectivity index (χ1v) is 9.72. The number of aliphatic hydroxyl groups is 5. The normalized spacial score (nSPS) is 32.3. The topological polar surface area (TPSA) is 197 Å². The number of phenols is 3. The number of phenolic OH excluding ortho intramolecular Hbond substituents is 3. The quantitative estimate of drug-likeness (QED) is 0.285. The van der Waals surface area contributed by atoms with Crippen molar-refractivity contribution in [3.05, 3.63) is 47.0 Å². The number of benzene rings is 2. The van der Waals surface area contributed by atoms with Crippen LogP contribution < -0.4 is 4.74 Å². The molecule has 11 heteroatoms. The van der Waals surface area contributed by atoms with Crippen molar-refractivity contribution in [2.24, 2.45) is 0 Å². The van der Waals surface area contributed by atoms with Gasteiger partial charge in [0.15, 0.2) is 12.2 Å². The molecule has 2 heterocycles. The number of hydrogen-bond acceptors (Lipinski definition) is 11. The number of ether oxygens (including phenoxy) is 2. The van der Waals surface area contributed by atoms with Gasteiger partial charge in [-0.1, -0.05) is 12.1 Å². The number of hydrogen-bond donors (Lipinski definition) is 8. The van der Waals surface area contributed by atoms with Gasteiger partial charge in [-0.05, 0) is 17.7 Å². The van der Waals surface area contributed by atoms with E-state index in [2.05, 4.69) is 0 Å². The second-order valence-corrected chi connectivity index (χ2v) is 7.72. The van der Waals surface area contributed by atoms with Crippen LogP contribution in [0, 0.1) is 0 Å². The number of ketones is 1. The van der Waals surface area contributed by atoms with Crippen molar-refractivity contribution >= 4 is 5.78 Å². The molecule has 0 bridgehead atoms. The average molecular weight is 450 g/mol. The van der Waals surface area contributed by atoms with Gasteiger partial charge in [0, 0.05) is 6.07 Å². The van der Waals surface area contributed by atoms with Crippen LogP contribution in [0.3, 0.4) is 0 Å². The van der Waals surface area contributed by atoms with E-state index < -0.39 is 77.7 Å². The van der Waals surface area contributed by atoms with E-state index in [9.17, 15) is 45.6 Å². The maximum atomic E-state index is 12.9. The highest BCUT2D eigenvalue weighted by molar-refractivity contribution is 6.06. The first-order chi connectivity index (χ1) is 15.1. The zero-order valence-corrected chi connectivity index (χ0v) is 16.4. The summed E-state index contributed by atoms with van der Waals surface area (Å²) < 4.78 is 11.0. The summed E-state index contributed by atoms with van der Waals surface area (Å²) in [5.41, 5.74) is -0.600. The van der Waals surface area contributed by atoms with Crippen molar-refractivity contribution in [1.29, 1.82) is 0 Å². The molecule has 0 aliphatic carbocycles. The lowest BCUT2D eigenvalue weighted by Crippen LogP contribution is -2.55. The second-order valence-electron chi connectivity index (χ2n) is 7.72. The Labute approximate surface area is 181 Å². The summed E-state index contributed by atoms with van der Waals surface area (Å²) in [5, 5.41) is 80.9. The van der Waals surface area contributed by atoms with Crippen molar-refractivity contribution in [2.75, 3.05) is 6.61 Å². The summed E-state index contributed by atoms with van der Waals surface area (Å²) in [7, 11) is 0. The Balaban J connectivity index is 1.76. The molecular weight excluding hydrogens is 428 g/mol. The summed E-state index contributed by atoms with van der Waals surface area (Å²) in [6, 6.07) is 6.53. The molecule has 2 aromatic rings. The van der Waals surface area contributed by atoms with Crippen LogP contribution in [-0.4, -0.2) is 83.8 Å². The first kappa shape index (κ1) is 22.3. The van der Waals surface area contributed by atoms with Gasteiger partial charge in [0.2, 0.25) is 5.78 Å². The summed E-state index contributed by atoms with van der Waals surface area (Å²) >= 11 is 0. The van der Waals surface area contributed by atoms with Crippen molar-refractivity contribution in [3.63, 3.8) is 0 Å². The van der Waals surface area contributed by atoms with Gasteiger partial charge in [-0.3, -0.25) is 4.79 Å². The van der Waals surface area contributed by atoms with E-state index in [1.54, 1.807) is 0 Å². The molecule has 8 N–H and O–H groups in total. The molecule has 0 aromatic heterocycles. The van der Waals surface area contributed by atoms with Crippen LogP contribution in [0.2, 0.25) is 0 Å². The molecule has 2 aliphatic rings. The lowest BCUT2D eigenvalue weighted by atomic mass is 9.86. The molecule has 1 fully saturated rings. The number of aromatic hydroxyl groups is 3. The predicted molar refractivity (Wildman–Crippen MR) is 104 cm³/mol. The van der Waals surface area contributed by atoms with E-state index in [1.807, 2.05) is 0 Å². The summed E-state index contributed by atoms with van der Waals surface area (Å²) in [6.45, 7) is -0.733. The fourth-order valence-electron chi connectivity index (χ4n) is 4.00.